The summed E-state index contributed by atoms with van der Waals surface area (Å²) in [4.78, 5) is 10.9. The molecule has 0 aliphatic carbocycles. The number of aromatic nitrogens is 1. The van der Waals surface area contributed by atoms with Crippen LogP contribution in [0.3, 0.4) is 0 Å². The first-order chi connectivity index (χ1) is 13.7. The summed E-state index contributed by atoms with van der Waals surface area (Å²) in [6, 6.07) is 9.44. The second kappa shape index (κ2) is 12.6. The highest BCUT2D eigenvalue weighted by Gasteiger charge is 2.09. The molecule has 1 saturated heterocycles. The van der Waals surface area contributed by atoms with Gasteiger partial charge in [0, 0.05) is 31.9 Å². The van der Waals surface area contributed by atoms with Crippen molar-refractivity contribution < 1.29 is 13.9 Å². The van der Waals surface area contributed by atoms with E-state index in [0.29, 0.717) is 24.1 Å². The monoisotopic (exact) mass is 515 g/mol. The fraction of sp³-hybridized carbons (Fsp3) is 0.400. The molecule has 2 heterocycles. The first-order valence-electron chi connectivity index (χ1n) is 9.41. The average Bonchev–Trinajstić information content (AvgIpc) is 2.72. The number of nitrogens with two attached hydrogens (primary N) is 1. The van der Waals surface area contributed by atoms with Crippen LogP contribution in [0, 0.1) is 5.82 Å². The Kier molecular flexibility index (Phi) is 10.1. The summed E-state index contributed by atoms with van der Waals surface area (Å²) in [5.41, 5.74) is 6.86. The van der Waals surface area contributed by atoms with Crippen LogP contribution in [0.25, 0.3) is 0 Å². The molecule has 1 aliphatic heterocycles. The van der Waals surface area contributed by atoms with Gasteiger partial charge in [-0.25, -0.2) is 14.4 Å². The van der Waals surface area contributed by atoms with Gasteiger partial charge in [-0.15, -0.1) is 24.0 Å². The Hall–Kier alpha value is -1.98. The number of benzene rings is 1. The van der Waals surface area contributed by atoms with Crippen LogP contribution < -0.4 is 15.8 Å². The van der Waals surface area contributed by atoms with Crippen molar-refractivity contribution in [3.8, 4) is 11.6 Å². The number of morpholine rings is 1. The van der Waals surface area contributed by atoms with Crippen LogP contribution in [0.15, 0.2) is 47.6 Å². The van der Waals surface area contributed by atoms with Crippen molar-refractivity contribution in [3.05, 3.63) is 54.0 Å². The largest absolute Gasteiger partial charge is 0.439 e. The second-order valence-electron chi connectivity index (χ2n) is 6.49. The van der Waals surface area contributed by atoms with Crippen LogP contribution in [-0.2, 0) is 11.3 Å². The van der Waals surface area contributed by atoms with E-state index in [9.17, 15) is 4.39 Å². The van der Waals surface area contributed by atoms with Gasteiger partial charge in [-0.3, -0.25) is 4.90 Å². The standard InChI is InChI=1S/C20H26FN5O2.HI/c21-17-2-4-18(5-3-17)28-19-14-16(6-8-23-19)15-25-20(22)24-7-1-9-26-10-12-27-13-11-26;/h2-6,8,14H,1,7,9-13,15H2,(H3,22,24,25);1H. The fourth-order valence-electron chi connectivity index (χ4n) is 2.80. The van der Waals surface area contributed by atoms with E-state index in [-0.39, 0.29) is 29.8 Å². The first-order valence-corrected chi connectivity index (χ1v) is 9.41. The minimum Gasteiger partial charge on any atom is -0.439 e. The average molecular weight is 515 g/mol. The van der Waals surface area contributed by atoms with Crippen molar-refractivity contribution in [2.45, 2.75) is 13.0 Å². The maximum absolute atomic E-state index is 13.0. The van der Waals surface area contributed by atoms with Crippen LogP contribution in [0.5, 0.6) is 11.6 Å². The Labute approximate surface area is 187 Å². The third-order valence-electron chi connectivity index (χ3n) is 4.33. The normalized spacial score (nSPS) is 14.9. The van der Waals surface area contributed by atoms with E-state index in [2.05, 4.69) is 20.2 Å². The van der Waals surface area contributed by atoms with Crippen LogP contribution in [0.2, 0.25) is 0 Å². The minimum atomic E-state index is -0.309. The topological polar surface area (TPSA) is 85.0 Å². The second-order valence-corrected chi connectivity index (χ2v) is 6.49. The number of nitrogens with one attached hydrogen (secondary N) is 1. The maximum atomic E-state index is 13.0. The molecule has 9 heteroatoms. The number of halogens is 2. The molecule has 0 unspecified atom stereocenters. The molecule has 0 saturated carbocycles. The summed E-state index contributed by atoms with van der Waals surface area (Å²) in [7, 11) is 0. The van der Waals surface area contributed by atoms with Gasteiger partial charge in [0.25, 0.3) is 0 Å². The predicted octanol–water partition coefficient (Wildman–Crippen LogP) is 2.76. The van der Waals surface area contributed by atoms with Crippen LogP contribution in [0.4, 0.5) is 4.39 Å². The molecule has 29 heavy (non-hydrogen) atoms. The Balaban J connectivity index is 0.00000300. The zero-order valence-electron chi connectivity index (χ0n) is 16.2. The number of aliphatic imine (C=N–C) groups is 1. The van der Waals surface area contributed by atoms with Gasteiger partial charge in [-0.05, 0) is 48.9 Å². The smallest absolute Gasteiger partial charge is 0.219 e. The van der Waals surface area contributed by atoms with Crippen molar-refractivity contribution in [2.24, 2.45) is 10.7 Å². The number of pyridine rings is 1. The van der Waals surface area contributed by atoms with Gasteiger partial charge in [0.15, 0.2) is 5.96 Å². The molecule has 0 spiro atoms. The molecule has 2 aromatic rings. The molecular formula is C20H27FIN5O2. The van der Waals surface area contributed by atoms with E-state index in [1.165, 1.54) is 12.1 Å². The number of hydrogen-bond donors (Lipinski definition) is 2. The predicted molar refractivity (Wildman–Crippen MR) is 121 cm³/mol. The molecule has 7 nitrogen and oxygen atoms in total. The van der Waals surface area contributed by atoms with Gasteiger partial charge in [-0.1, -0.05) is 0 Å². The van der Waals surface area contributed by atoms with E-state index >= 15 is 0 Å². The summed E-state index contributed by atoms with van der Waals surface area (Å²) in [5, 5.41) is 3.14. The van der Waals surface area contributed by atoms with Crippen molar-refractivity contribution in [3.63, 3.8) is 0 Å². The lowest BCUT2D eigenvalue weighted by molar-refractivity contribution is 0.0376. The SMILES string of the molecule is I.NC(=NCc1ccnc(Oc2ccc(F)cc2)c1)NCCCN1CCOCC1. The Morgan fingerprint density at radius 1 is 1.24 bits per heavy atom. The first kappa shape index (κ1) is 23.3. The molecule has 1 aromatic carbocycles. The van der Waals surface area contributed by atoms with Crippen molar-refractivity contribution in [1.29, 1.82) is 0 Å². The zero-order chi connectivity index (χ0) is 19.6. The molecule has 3 rings (SSSR count). The van der Waals surface area contributed by atoms with Crippen molar-refractivity contribution in [1.82, 2.24) is 15.2 Å². The molecular weight excluding hydrogens is 488 g/mol. The van der Waals surface area contributed by atoms with Crippen LogP contribution in [-0.4, -0.2) is 55.2 Å². The minimum absolute atomic E-state index is 0. The molecule has 0 radical (unpaired) electrons. The number of rotatable bonds is 8. The zero-order valence-corrected chi connectivity index (χ0v) is 18.6. The quantitative estimate of drug-likeness (QED) is 0.244. The molecule has 1 aliphatic rings. The number of nitrogens with zero attached hydrogens (tertiary/aromatic N) is 3. The lowest BCUT2D eigenvalue weighted by atomic mass is 10.2. The lowest BCUT2D eigenvalue weighted by Gasteiger charge is -2.26. The number of hydrogen-bond acceptors (Lipinski definition) is 5. The van der Waals surface area contributed by atoms with E-state index in [4.69, 9.17) is 15.2 Å². The van der Waals surface area contributed by atoms with Gasteiger partial charge in [-0.2, -0.15) is 0 Å². The van der Waals surface area contributed by atoms with Crippen molar-refractivity contribution in [2.75, 3.05) is 39.4 Å². The summed E-state index contributed by atoms with van der Waals surface area (Å²) in [6.45, 7) is 5.85. The van der Waals surface area contributed by atoms with Crippen LogP contribution >= 0.6 is 24.0 Å². The third kappa shape index (κ3) is 8.50. The lowest BCUT2D eigenvalue weighted by Crippen LogP contribution is -2.39. The molecule has 3 N–H and O–H groups in total. The Morgan fingerprint density at radius 2 is 2.00 bits per heavy atom. The maximum Gasteiger partial charge on any atom is 0.219 e. The summed E-state index contributed by atoms with van der Waals surface area (Å²) < 4.78 is 23.9. The van der Waals surface area contributed by atoms with Gasteiger partial charge < -0.3 is 20.5 Å². The fourth-order valence-corrected chi connectivity index (χ4v) is 2.80. The van der Waals surface area contributed by atoms with E-state index in [0.717, 1.165) is 51.4 Å². The highest BCUT2D eigenvalue weighted by atomic mass is 127. The van der Waals surface area contributed by atoms with Gasteiger partial charge in [0.05, 0.1) is 19.8 Å². The van der Waals surface area contributed by atoms with Gasteiger partial charge >= 0.3 is 0 Å². The molecule has 1 fully saturated rings. The molecule has 1 aromatic heterocycles. The third-order valence-corrected chi connectivity index (χ3v) is 4.33. The summed E-state index contributed by atoms with van der Waals surface area (Å²) >= 11 is 0. The summed E-state index contributed by atoms with van der Waals surface area (Å²) in [5.74, 6) is 1.06. The number of guanidine groups is 1. The van der Waals surface area contributed by atoms with Crippen LogP contribution in [0.1, 0.15) is 12.0 Å². The molecule has 0 amide bonds. The van der Waals surface area contributed by atoms with Gasteiger partial charge in [0.2, 0.25) is 5.88 Å². The molecule has 0 atom stereocenters. The molecule has 158 valence electrons. The Bertz CT molecular complexity index is 770. The number of ether oxygens (including phenoxy) is 2. The molecule has 0 bridgehead atoms. The van der Waals surface area contributed by atoms with E-state index in [1.54, 1.807) is 24.4 Å². The van der Waals surface area contributed by atoms with Crippen molar-refractivity contribution >= 4 is 29.9 Å². The highest BCUT2D eigenvalue weighted by molar-refractivity contribution is 14.0. The Morgan fingerprint density at radius 3 is 2.76 bits per heavy atom. The highest BCUT2D eigenvalue weighted by Crippen LogP contribution is 2.20. The van der Waals surface area contributed by atoms with Gasteiger partial charge in [0.1, 0.15) is 11.6 Å². The summed E-state index contributed by atoms with van der Waals surface area (Å²) in [6.07, 6.45) is 2.65. The van der Waals surface area contributed by atoms with E-state index < -0.39 is 0 Å². The van der Waals surface area contributed by atoms with E-state index in [1.807, 2.05) is 6.07 Å².